The third-order valence-corrected chi connectivity index (χ3v) is 2.61. The zero-order valence-electron chi connectivity index (χ0n) is 10.2. The van der Waals surface area contributed by atoms with E-state index in [0.29, 0.717) is 29.0 Å². The SMILES string of the molecule is COc1cc(C)ccc1Oc1cncc(CCl)n1. The molecule has 0 spiro atoms. The quantitative estimate of drug-likeness (QED) is 0.795. The normalized spacial score (nSPS) is 10.2. The predicted octanol–water partition coefficient (Wildman–Crippen LogP) is 3.32. The van der Waals surface area contributed by atoms with E-state index in [-0.39, 0.29) is 0 Å². The zero-order chi connectivity index (χ0) is 13.0. The molecule has 0 radical (unpaired) electrons. The average Bonchev–Trinajstić information content (AvgIpc) is 2.41. The molecule has 0 unspecified atom stereocenters. The van der Waals surface area contributed by atoms with Crippen LogP contribution in [0, 0.1) is 6.92 Å². The first-order valence-corrected chi connectivity index (χ1v) is 5.95. The highest BCUT2D eigenvalue weighted by Crippen LogP contribution is 2.31. The van der Waals surface area contributed by atoms with Crippen LogP contribution in [0.3, 0.4) is 0 Å². The van der Waals surface area contributed by atoms with Crippen LogP contribution in [0.2, 0.25) is 0 Å². The molecular weight excluding hydrogens is 252 g/mol. The summed E-state index contributed by atoms with van der Waals surface area (Å²) in [6, 6.07) is 5.67. The van der Waals surface area contributed by atoms with Crippen molar-refractivity contribution in [3.8, 4) is 17.4 Å². The van der Waals surface area contributed by atoms with Crippen molar-refractivity contribution in [3.63, 3.8) is 0 Å². The van der Waals surface area contributed by atoms with E-state index >= 15 is 0 Å². The number of methoxy groups -OCH3 is 1. The second kappa shape index (κ2) is 5.69. The van der Waals surface area contributed by atoms with Crippen molar-refractivity contribution in [1.82, 2.24) is 9.97 Å². The number of ether oxygens (including phenoxy) is 2. The number of nitrogens with zero attached hydrogens (tertiary/aromatic N) is 2. The van der Waals surface area contributed by atoms with Crippen molar-refractivity contribution in [2.45, 2.75) is 12.8 Å². The Bertz CT molecular complexity index is 546. The van der Waals surface area contributed by atoms with Crippen LogP contribution in [0.1, 0.15) is 11.3 Å². The molecule has 5 heteroatoms. The minimum atomic E-state index is 0.301. The summed E-state index contributed by atoms with van der Waals surface area (Å²) < 4.78 is 10.9. The highest BCUT2D eigenvalue weighted by molar-refractivity contribution is 6.16. The lowest BCUT2D eigenvalue weighted by Crippen LogP contribution is -1.95. The molecule has 2 aromatic rings. The van der Waals surface area contributed by atoms with Gasteiger partial charge in [-0.05, 0) is 24.6 Å². The van der Waals surface area contributed by atoms with Gasteiger partial charge in [-0.1, -0.05) is 6.07 Å². The summed E-state index contributed by atoms with van der Waals surface area (Å²) in [5.41, 5.74) is 1.76. The van der Waals surface area contributed by atoms with Gasteiger partial charge in [0.15, 0.2) is 11.5 Å². The van der Waals surface area contributed by atoms with E-state index in [1.165, 1.54) is 6.20 Å². The van der Waals surface area contributed by atoms with Crippen molar-refractivity contribution in [3.05, 3.63) is 41.9 Å². The Labute approximate surface area is 111 Å². The summed E-state index contributed by atoms with van der Waals surface area (Å²) >= 11 is 5.70. The molecule has 0 saturated heterocycles. The number of alkyl halides is 1. The van der Waals surface area contributed by atoms with Crippen molar-refractivity contribution in [1.29, 1.82) is 0 Å². The summed E-state index contributed by atoms with van der Waals surface area (Å²) in [5, 5.41) is 0. The maximum atomic E-state index is 5.70. The maximum Gasteiger partial charge on any atom is 0.238 e. The molecule has 0 fully saturated rings. The summed E-state index contributed by atoms with van der Waals surface area (Å²) in [5.74, 6) is 1.96. The van der Waals surface area contributed by atoms with Crippen LogP contribution >= 0.6 is 11.6 Å². The smallest absolute Gasteiger partial charge is 0.238 e. The van der Waals surface area contributed by atoms with Gasteiger partial charge in [-0.15, -0.1) is 11.6 Å². The van der Waals surface area contributed by atoms with Crippen LogP contribution in [-0.2, 0) is 5.88 Å². The topological polar surface area (TPSA) is 44.2 Å². The summed E-state index contributed by atoms with van der Waals surface area (Å²) in [6.07, 6.45) is 3.14. The third kappa shape index (κ3) is 2.90. The molecule has 0 aliphatic heterocycles. The number of benzene rings is 1. The molecule has 0 aliphatic rings. The second-order valence-corrected chi connectivity index (χ2v) is 4.01. The molecule has 0 amide bonds. The van der Waals surface area contributed by atoms with E-state index in [0.717, 1.165) is 5.56 Å². The van der Waals surface area contributed by atoms with E-state index in [1.807, 2.05) is 25.1 Å². The summed E-state index contributed by atoms with van der Waals surface area (Å²) in [7, 11) is 1.60. The molecule has 2 rings (SSSR count). The summed E-state index contributed by atoms with van der Waals surface area (Å²) in [6.45, 7) is 1.99. The number of rotatable bonds is 4. The van der Waals surface area contributed by atoms with Gasteiger partial charge in [0.05, 0.1) is 24.9 Å². The fourth-order valence-electron chi connectivity index (χ4n) is 1.47. The van der Waals surface area contributed by atoms with Crippen molar-refractivity contribution in [2.24, 2.45) is 0 Å². The standard InChI is InChI=1S/C13H13ClN2O2/c1-9-3-4-11(12(5-9)17-2)18-13-8-15-7-10(6-14)16-13/h3-5,7-8H,6H2,1-2H3. The van der Waals surface area contributed by atoms with Gasteiger partial charge in [0.1, 0.15) is 0 Å². The number of aromatic nitrogens is 2. The van der Waals surface area contributed by atoms with Gasteiger partial charge in [0.25, 0.3) is 0 Å². The molecule has 0 atom stereocenters. The van der Waals surface area contributed by atoms with Crippen molar-refractivity contribution >= 4 is 11.6 Å². The van der Waals surface area contributed by atoms with Crippen molar-refractivity contribution in [2.75, 3.05) is 7.11 Å². The van der Waals surface area contributed by atoms with Crippen LogP contribution < -0.4 is 9.47 Å². The van der Waals surface area contributed by atoms with Gasteiger partial charge >= 0.3 is 0 Å². The van der Waals surface area contributed by atoms with E-state index < -0.39 is 0 Å². The second-order valence-electron chi connectivity index (χ2n) is 3.74. The molecule has 4 nitrogen and oxygen atoms in total. The lowest BCUT2D eigenvalue weighted by molar-refractivity contribution is 0.373. The molecule has 18 heavy (non-hydrogen) atoms. The Morgan fingerprint density at radius 2 is 2.06 bits per heavy atom. The Morgan fingerprint density at radius 3 is 2.78 bits per heavy atom. The molecule has 1 aromatic carbocycles. The van der Waals surface area contributed by atoms with Crippen LogP contribution in [0.4, 0.5) is 0 Å². The lowest BCUT2D eigenvalue weighted by Gasteiger charge is -2.10. The number of hydrogen-bond acceptors (Lipinski definition) is 4. The first-order valence-electron chi connectivity index (χ1n) is 5.42. The van der Waals surface area contributed by atoms with E-state index in [4.69, 9.17) is 21.1 Å². The van der Waals surface area contributed by atoms with E-state index in [9.17, 15) is 0 Å². The van der Waals surface area contributed by atoms with Crippen LogP contribution in [0.5, 0.6) is 17.4 Å². The monoisotopic (exact) mass is 264 g/mol. The third-order valence-electron chi connectivity index (χ3n) is 2.33. The number of aryl methyl sites for hydroxylation is 1. The first-order chi connectivity index (χ1) is 8.72. The minimum Gasteiger partial charge on any atom is -0.493 e. The molecule has 94 valence electrons. The highest BCUT2D eigenvalue weighted by Gasteiger charge is 2.07. The molecule has 1 heterocycles. The Morgan fingerprint density at radius 1 is 1.22 bits per heavy atom. The molecule has 1 aromatic heterocycles. The Hall–Kier alpha value is -1.81. The van der Waals surface area contributed by atoms with Crippen molar-refractivity contribution < 1.29 is 9.47 Å². The van der Waals surface area contributed by atoms with Crippen LogP contribution in [0.25, 0.3) is 0 Å². The van der Waals surface area contributed by atoms with Crippen LogP contribution in [-0.4, -0.2) is 17.1 Å². The Balaban J connectivity index is 2.27. The van der Waals surface area contributed by atoms with Gasteiger partial charge in [0.2, 0.25) is 5.88 Å². The lowest BCUT2D eigenvalue weighted by atomic mass is 10.2. The molecule has 0 bridgehead atoms. The van der Waals surface area contributed by atoms with Gasteiger partial charge in [-0.2, -0.15) is 0 Å². The molecule has 0 aliphatic carbocycles. The zero-order valence-corrected chi connectivity index (χ0v) is 10.9. The van der Waals surface area contributed by atoms with E-state index in [2.05, 4.69) is 9.97 Å². The number of hydrogen-bond donors (Lipinski definition) is 0. The Kier molecular flexibility index (Phi) is 3.99. The first kappa shape index (κ1) is 12.6. The van der Waals surface area contributed by atoms with E-state index in [1.54, 1.807) is 13.3 Å². The van der Waals surface area contributed by atoms with Gasteiger partial charge in [0, 0.05) is 6.20 Å². The molecule has 0 saturated carbocycles. The van der Waals surface area contributed by atoms with Crippen LogP contribution in [0.15, 0.2) is 30.6 Å². The molecule has 0 N–H and O–H groups in total. The minimum absolute atomic E-state index is 0.301. The maximum absolute atomic E-state index is 5.70. The average molecular weight is 265 g/mol. The molecular formula is C13H13ClN2O2. The van der Waals surface area contributed by atoms with Gasteiger partial charge < -0.3 is 9.47 Å². The number of halogens is 1. The highest BCUT2D eigenvalue weighted by atomic mass is 35.5. The largest absolute Gasteiger partial charge is 0.493 e. The fourth-order valence-corrected chi connectivity index (χ4v) is 1.60. The summed E-state index contributed by atoms with van der Waals surface area (Å²) in [4.78, 5) is 8.22. The van der Waals surface area contributed by atoms with Gasteiger partial charge in [-0.3, -0.25) is 4.98 Å². The van der Waals surface area contributed by atoms with Gasteiger partial charge in [-0.25, -0.2) is 4.98 Å². The predicted molar refractivity (Wildman–Crippen MR) is 69.4 cm³/mol. The fraction of sp³-hybridized carbons (Fsp3) is 0.231.